The molecule has 2 aromatic heterocycles. The van der Waals surface area contributed by atoms with Crippen molar-refractivity contribution < 1.29 is 14.3 Å². The van der Waals surface area contributed by atoms with E-state index in [-0.39, 0.29) is 23.8 Å². The summed E-state index contributed by atoms with van der Waals surface area (Å²) in [5.41, 5.74) is 3.54. The van der Waals surface area contributed by atoms with Gasteiger partial charge >= 0.3 is 0 Å². The number of fused-ring (bicyclic) bond motifs is 1. The third-order valence-corrected chi connectivity index (χ3v) is 6.81. The van der Waals surface area contributed by atoms with Gasteiger partial charge in [0.05, 0.1) is 18.1 Å². The molecule has 10 nitrogen and oxygen atoms in total. The molecule has 3 aromatic rings. The highest BCUT2D eigenvalue weighted by Gasteiger charge is 2.29. The zero-order valence-electron chi connectivity index (χ0n) is 19.8. The summed E-state index contributed by atoms with van der Waals surface area (Å²) in [4.78, 5) is 32.1. The van der Waals surface area contributed by atoms with Crippen molar-refractivity contribution in [2.75, 3.05) is 37.6 Å². The Morgan fingerprint density at radius 3 is 2.60 bits per heavy atom. The maximum atomic E-state index is 11.6. The maximum absolute atomic E-state index is 11.6. The lowest BCUT2D eigenvalue weighted by Gasteiger charge is -2.35. The average molecular weight is 474 g/mol. The quantitative estimate of drug-likeness (QED) is 0.601. The van der Waals surface area contributed by atoms with E-state index in [1.807, 2.05) is 36.1 Å². The number of rotatable bonds is 5. The first-order valence-corrected chi connectivity index (χ1v) is 11.8. The first kappa shape index (κ1) is 22.7. The number of aromatic nitrogens is 3. The van der Waals surface area contributed by atoms with E-state index in [9.17, 15) is 14.9 Å². The van der Waals surface area contributed by atoms with E-state index < -0.39 is 0 Å². The third-order valence-electron chi connectivity index (χ3n) is 6.81. The Bertz CT molecular complexity index is 1300. The summed E-state index contributed by atoms with van der Waals surface area (Å²) < 4.78 is 7.84. The standard InChI is InChI=1S/C25H27N7O3/c1-16(19-11-23(34)27-13-19)35-25-24-20(12-26)14-28-32(24)15-22(29-25)18-3-5-21(6-4-18)31-9-7-30(8-10-31)17(2)33/h3-6,14-16,19H,7-11,13H2,1-2H3,(H,27,34)/t16?,19-/m1/s1. The van der Waals surface area contributed by atoms with Crippen LogP contribution >= 0.6 is 0 Å². The SMILES string of the molecule is CC(=O)N1CCN(c2ccc(-c3cn4ncc(C#N)c4c(OC(C)[C@H]4CNC(=O)C4)n3)cc2)CC1. The predicted octanol–water partition coefficient (Wildman–Crippen LogP) is 1.84. The van der Waals surface area contributed by atoms with Crippen molar-refractivity contribution in [3.8, 4) is 23.2 Å². The van der Waals surface area contributed by atoms with Crippen LogP contribution in [0.3, 0.4) is 0 Å². The van der Waals surface area contributed by atoms with Crippen molar-refractivity contribution in [3.05, 3.63) is 42.2 Å². The van der Waals surface area contributed by atoms with Crippen molar-refractivity contribution in [2.24, 2.45) is 5.92 Å². The van der Waals surface area contributed by atoms with Crippen LogP contribution in [-0.2, 0) is 9.59 Å². The van der Waals surface area contributed by atoms with E-state index >= 15 is 0 Å². The minimum atomic E-state index is -0.266. The number of ether oxygens (including phenoxy) is 1. The van der Waals surface area contributed by atoms with Gasteiger partial charge in [0, 0.05) is 63.2 Å². The molecule has 0 aliphatic carbocycles. The van der Waals surface area contributed by atoms with Crippen molar-refractivity contribution in [2.45, 2.75) is 26.4 Å². The molecule has 0 saturated carbocycles. The number of amides is 2. The van der Waals surface area contributed by atoms with Gasteiger partial charge in [-0.1, -0.05) is 12.1 Å². The van der Waals surface area contributed by atoms with E-state index in [0.29, 0.717) is 35.6 Å². The number of nitriles is 1. The van der Waals surface area contributed by atoms with E-state index in [1.165, 1.54) is 6.20 Å². The first-order chi connectivity index (χ1) is 16.9. The summed E-state index contributed by atoms with van der Waals surface area (Å²) in [6.45, 7) is 7.11. The molecular formula is C25H27N7O3. The van der Waals surface area contributed by atoms with E-state index in [1.54, 1.807) is 17.6 Å². The number of anilines is 1. The highest BCUT2D eigenvalue weighted by molar-refractivity contribution is 5.78. The number of nitrogens with zero attached hydrogens (tertiary/aromatic N) is 6. The van der Waals surface area contributed by atoms with Crippen LogP contribution in [0.2, 0.25) is 0 Å². The molecule has 2 amide bonds. The van der Waals surface area contributed by atoms with Gasteiger partial charge < -0.3 is 19.9 Å². The smallest absolute Gasteiger partial charge is 0.242 e. The van der Waals surface area contributed by atoms with E-state index in [4.69, 9.17) is 9.72 Å². The summed E-state index contributed by atoms with van der Waals surface area (Å²) in [5, 5.41) is 16.7. The fourth-order valence-electron chi connectivity index (χ4n) is 4.64. The second-order valence-electron chi connectivity index (χ2n) is 9.03. The van der Waals surface area contributed by atoms with Gasteiger partial charge in [-0.3, -0.25) is 9.59 Å². The van der Waals surface area contributed by atoms with Gasteiger partial charge in [-0.25, -0.2) is 9.50 Å². The maximum Gasteiger partial charge on any atom is 0.242 e. The topological polar surface area (TPSA) is 116 Å². The Morgan fingerprint density at radius 2 is 1.97 bits per heavy atom. The Hall–Kier alpha value is -4.13. The van der Waals surface area contributed by atoms with Gasteiger partial charge in [0.2, 0.25) is 17.7 Å². The zero-order chi connectivity index (χ0) is 24.5. The molecule has 2 aliphatic rings. The lowest BCUT2D eigenvalue weighted by Crippen LogP contribution is -2.48. The van der Waals surface area contributed by atoms with Gasteiger partial charge in [-0.2, -0.15) is 10.4 Å². The van der Waals surface area contributed by atoms with E-state index in [0.717, 1.165) is 37.4 Å². The Kier molecular flexibility index (Phi) is 5.99. The molecular weight excluding hydrogens is 446 g/mol. The van der Waals surface area contributed by atoms with Gasteiger partial charge in [0.15, 0.2) is 0 Å². The highest BCUT2D eigenvalue weighted by atomic mass is 16.5. The van der Waals surface area contributed by atoms with Crippen LogP contribution in [0.25, 0.3) is 16.8 Å². The normalized spacial score (nSPS) is 18.9. The molecule has 1 unspecified atom stereocenters. The number of piperazine rings is 1. The number of hydrogen-bond donors (Lipinski definition) is 1. The second kappa shape index (κ2) is 9.25. The highest BCUT2D eigenvalue weighted by Crippen LogP contribution is 2.30. The lowest BCUT2D eigenvalue weighted by molar-refractivity contribution is -0.129. The number of carbonyl (C=O) groups is 2. The third kappa shape index (κ3) is 4.49. The Morgan fingerprint density at radius 1 is 1.23 bits per heavy atom. The van der Waals surface area contributed by atoms with Gasteiger partial charge in [-0.15, -0.1) is 0 Å². The van der Waals surface area contributed by atoms with Crippen LogP contribution in [0.5, 0.6) is 5.88 Å². The molecule has 0 bridgehead atoms. The first-order valence-electron chi connectivity index (χ1n) is 11.8. The van der Waals surface area contributed by atoms with Crippen LogP contribution in [-0.4, -0.2) is 70.1 Å². The minimum Gasteiger partial charge on any atom is -0.473 e. The van der Waals surface area contributed by atoms with Crippen LogP contribution in [0.1, 0.15) is 25.8 Å². The molecule has 10 heteroatoms. The molecule has 1 N–H and O–H groups in total. The molecule has 2 atom stereocenters. The average Bonchev–Trinajstić information content (AvgIpc) is 3.50. The van der Waals surface area contributed by atoms with Crippen molar-refractivity contribution >= 4 is 23.0 Å². The Labute approximate surface area is 203 Å². The van der Waals surface area contributed by atoms with Crippen molar-refractivity contribution in [1.82, 2.24) is 24.8 Å². The summed E-state index contributed by atoms with van der Waals surface area (Å²) >= 11 is 0. The molecule has 0 radical (unpaired) electrons. The molecule has 2 saturated heterocycles. The zero-order valence-corrected chi connectivity index (χ0v) is 19.8. The molecule has 1 aromatic carbocycles. The fourth-order valence-corrected chi connectivity index (χ4v) is 4.64. The molecule has 2 fully saturated rings. The number of benzene rings is 1. The molecule has 35 heavy (non-hydrogen) atoms. The van der Waals surface area contributed by atoms with Gasteiger partial charge in [0.1, 0.15) is 23.3 Å². The lowest BCUT2D eigenvalue weighted by atomic mass is 10.0. The minimum absolute atomic E-state index is 0.0159. The van der Waals surface area contributed by atoms with Gasteiger partial charge in [0.25, 0.3) is 0 Å². The van der Waals surface area contributed by atoms with Crippen LogP contribution < -0.4 is 15.0 Å². The molecule has 2 aliphatic heterocycles. The summed E-state index contributed by atoms with van der Waals surface area (Å²) in [6.07, 6.45) is 3.43. The summed E-state index contributed by atoms with van der Waals surface area (Å²) in [6, 6.07) is 10.3. The number of carbonyl (C=O) groups excluding carboxylic acids is 2. The summed E-state index contributed by atoms with van der Waals surface area (Å²) in [7, 11) is 0. The van der Waals surface area contributed by atoms with E-state index in [2.05, 4.69) is 21.4 Å². The van der Waals surface area contributed by atoms with Crippen LogP contribution in [0, 0.1) is 17.2 Å². The summed E-state index contributed by atoms with van der Waals surface area (Å²) in [5.74, 6) is 0.488. The second-order valence-corrected chi connectivity index (χ2v) is 9.03. The van der Waals surface area contributed by atoms with Crippen molar-refractivity contribution in [1.29, 1.82) is 5.26 Å². The fraction of sp³-hybridized carbons (Fsp3) is 0.400. The number of nitrogens with one attached hydrogen (secondary N) is 1. The molecule has 180 valence electrons. The number of hydrogen-bond acceptors (Lipinski definition) is 7. The van der Waals surface area contributed by atoms with Crippen LogP contribution in [0.4, 0.5) is 5.69 Å². The molecule has 0 spiro atoms. The molecule has 4 heterocycles. The molecule has 5 rings (SSSR count). The van der Waals surface area contributed by atoms with Crippen LogP contribution in [0.15, 0.2) is 36.7 Å². The Balaban J connectivity index is 1.41. The van der Waals surface area contributed by atoms with Gasteiger partial charge in [-0.05, 0) is 19.1 Å². The van der Waals surface area contributed by atoms with Crippen molar-refractivity contribution in [3.63, 3.8) is 0 Å². The predicted molar refractivity (Wildman–Crippen MR) is 129 cm³/mol. The monoisotopic (exact) mass is 473 g/mol. The largest absolute Gasteiger partial charge is 0.473 e.